The maximum Gasteiger partial charge on any atom is 0.287 e. The molecule has 0 bridgehead atoms. The number of amides is 1. The van der Waals surface area contributed by atoms with Crippen molar-refractivity contribution in [2.24, 2.45) is 0 Å². The number of carbonyl (C=O) groups is 1. The van der Waals surface area contributed by atoms with Gasteiger partial charge in [0.05, 0.1) is 10.6 Å². The van der Waals surface area contributed by atoms with Crippen molar-refractivity contribution < 1.29 is 17.6 Å². The van der Waals surface area contributed by atoms with Gasteiger partial charge in [0.1, 0.15) is 5.58 Å². The Morgan fingerprint density at radius 3 is 2.60 bits per heavy atom. The van der Waals surface area contributed by atoms with Crippen molar-refractivity contribution in [3.63, 3.8) is 0 Å². The molecule has 3 rings (SSSR count). The molecule has 0 radical (unpaired) electrons. The number of hydrogen-bond donors (Lipinski definition) is 1. The van der Waals surface area contributed by atoms with Gasteiger partial charge in [0.15, 0.2) is 15.6 Å². The molecule has 7 heteroatoms. The third-order valence-corrected chi connectivity index (χ3v) is 5.99. The Bertz CT molecular complexity index is 996. The van der Waals surface area contributed by atoms with Crippen molar-refractivity contribution in [2.75, 3.05) is 12.3 Å². The number of halogens is 1. The predicted octanol–water partition coefficient (Wildman–Crippen LogP) is 3.79. The molecule has 0 fully saturated rings. The zero-order chi connectivity index (χ0) is 17.9. The van der Waals surface area contributed by atoms with Crippen LogP contribution >= 0.6 is 15.9 Å². The molecule has 0 saturated carbocycles. The third-order valence-electron chi connectivity index (χ3n) is 3.68. The van der Waals surface area contributed by atoms with Crippen molar-refractivity contribution in [1.82, 2.24) is 5.32 Å². The molecule has 130 valence electrons. The van der Waals surface area contributed by atoms with E-state index in [-0.39, 0.29) is 24.0 Å². The van der Waals surface area contributed by atoms with Gasteiger partial charge in [-0.15, -0.1) is 0 Å². The normalized spacial score (nSPS) is 11.6. The van der Waals surface area contributed by atoms with Gasteiger partial charge >= 0.3 is 0 Å². The first-order valence-electron chi connectivity index (χ1n) is 7.71. The summed E-state index contributed by atoms with van der Waals surface area (Å²) in [6.45, 7) is 0.256. The molecule has 0 unspecified atom stereocenters. The van der Waals surface area contributed by atoms with Gasteiger partial charge in [-0.25, -0.2) is 8.42 Å². The Balaban J connectivity index is 1.55. The highest BCUT2D eigenvalue weighted by molar-refractivity contribution is 9.10. The number of carbonyl (C=O) groups excluding carboxylic acids is 1. The monoisotopic (exact) mass is 421 g/mol. The minimum atomic E-state index is -3.33. The molecule has 5 nitrogen and oxygen atoms in total. The molecular formula is C18H16BrNO4S. The van der Waals surface area contributed by atoms with Gasteiger partial charge in [-0.2, -0.15) is 0 Å². The first kappa shape index (κ1) is 17.7. The fourth-order valence-corrected chi connectivity index (χ4v) is 4.13. The average Bonchev–Trinajstić information content (AvgIpc) is 3.02. The lowest BCUT2D eigenvalue weighted by Gasteiger charge is -2.05. The summed E-state index contributed by atoms with van der Waals surface area (Å²) >= 11 is 3.37. The van der Waals surface area contributed by atoms with E-state index in [1.807, 2.05) is 12.1 Å². The third kappa shape index (κ3) is 4.29. The molecule has 0 saturated heterocycles. The fraction of sp³-hybridized carbons (Fsp3) is 0.167. The van der Waals surface area contributed by atoms with Crippen LogP contribution in [0.5, 0.6) is 0 Å². The Morgan fingerprint density at radius 1 is 1.08 bits per heavy atom. The lowest BCUT2D eigenvalue weighted by Crippen LogP contribution is -2.25. The maximum atomic E-state index is 12.2. The summed E-state index contributed by atoms with van der Waals surface area (Å²) in [6.07, 6.45) is 0.328. The second-order valence-corrected chi connectivity index (χ2v) is 8.56. The summed E-state index contributed by atoms with van der Waals surface area (Å²) in [5.41, 5.74) is 0.625. The molecule has 1 amide bonds. The highest BCUT2D eigenvalue weighted by Crippen LogP contribution is 2.23. The van der Waals surface area contributed by atoms with Gasteiger partial charge < -0.3 is 9.73 Å². The number of rotatable bonds is 6. The van der Waals surface area contributed by atoms with Crippen molar-refractivity contribution in [3.05, 3.63) is 64.8 Å². The zero-order valence-corrected chi connectivity index (χ0v) is 15.6. The topological polar surface area (TPSA) is 76.4 Å². The molecular weight excluding hydrogens is 406 g/mol. The number of sulfone groups is 1. The van der Waals surface area contributed by atoms with Crippen molar-refractivity contribution >= 4 is 42.6 Å². The van der Waals surface area contributed by atoms with Crippen molar-refractivity contribution in [2.45, 2.75) is 11.3 Å². The van der Waals surface area contributed by atoms with Crippen LogP contribution in [0.3, 0.4) is 0 Å². The van der Waals surface area contributed by atoms with Gasteiger partial charge in [0, 0.05) is 16.4 Å². The van der Waals surface area contributed by atoms with E-state index in [0.29, 0.717) is 16.9 Å². The Morgan fingerprint density at radius 2 is 1.84 bits per heavy atom. The number of fused-ring (bicyclic) bond motifs is 1. The zero-order valence-electron chi connectivity index (χ0n) is 13.2. The quantitative estimate of drug-likeness (QED) is 0.614. The first-order valence-corrected chi connectivity index (χ1v) is 10.2. The minimum Gasteiger partial charge on any atom is -0.451 e. The molecule has 0 aliphatic carbocycles. The predicted molar refractivity (Wildman–Crippen MR) is 99.4 cm³/mol. The van der Waals surface area contributed by atoms with Crippen LogP contribution in [-0.4, -0.2) is 26.6 Å². The molecule has 0 atom stereocenters. The van der Waals surface area contributed by atoms with E-state index >= 15 is 0 Å². The van der Waals surface area contributed by atoms with E-state index < -0.39 is 9.84 Å². The van der Waals surface area contributed by atoms with E-state index in [1.165, 1.54) is 0 Å². The van der Waals surface area contributed by atoms with Crippen LogP contribution in [0.1, 0.15) is 17.0 Å². The Labute approximate surface area is 154 Å². The van der Waals surface area contributed by atoms with Crippen LogP contribution in [-0.2, 0) is 9.84 Å². The summed E-state index contributed by atoms with van der Waals surface area (Å²) in [4.78, 5) is 12.4. The Kier molecular flexibility index (Phi) is 5.24. The van der Waals surface area contributed by atoms with Crippen LogP contribution in [0.4, 0.5) is 0 Å². The molecule has 1 heterocycles. The maximum absolute atomic E-state index is 12.2. The van der Waals surface area contributed by atoms with Crippen molar-refractivity contribution in [1.29, 1.82) is 0 Å². The van der Waals surface area contributed by atoms with Crippen LogP contribution in [0.15, 0.2) is 68.4 Å². The largest absolute Gasteiger partial charge is 0.451 e. The standard InChI is InChI=1S/C18H16BrNO4S/c19-14-7-8-16-13(11-14)12-17(24-16)18(21)20-9-4-10-25(22,23)15-5-2-1-3-6-15/h1-3,5-8,11-12H,4,9-10H2,(H,20,21). The molecule has 3 aromatic rings. The summed E-state index contributed by atoms with van der Waals surface area (Å²) in [7, 11) is -3.33. The number of furan rings is 1. The van der Waals surface area contributed by atoms with E-state index in [2.05, 4.69) is 21.2 Å². The smallest absolute Gasteiger partial charge is 0.287 e. The van der Waals surface area contributed by atoms with E-state index in [9.17, 15) is 13.2 Å². The molecule has 1 N–H and O–H groups in total. The highest BCUT2D eigenvalue weighted by atomic mass is 79.9. The lowest BCUT2D eigenvalue weighted by atomic mass is 10.2. The second-order valence-electron chi connectivity index (χ2n) is 5.53. The summed E-state index contributed by atoms with van der Waals surface area (Å²) in [6, 6.07) is 15.4. The van der Waals surface area contributed by atoms with Crippen LogP contribution < -0.4 is 5.32 Å². The Hall–Kier alpha value is -2.12. The minimum absolute atomic E-state index is 0.0234. The highest BCUT2D eigenvalue weighted by Gasteiger charge is 2.15. The van der Waals surface area contributed by atoms with Gasteiger partial charge in [0.2, 0.25) is 0 Å². The summed E-state index contributed by atoms with van der Waals surface area (Å²) in [5.74, 6) is -0.173. The van der Waals surface area contributed by atoms with E-state index in [4.69, 9.17) is 4.42 Å². The molecule has 1 aromatic heterocycles. The number of hydrogen-bond acceptors (Lipinski definition) is 4. The van der Waals surface area contributed by atoms with Crippen LogP contribution in [0, 0.1) is 0 Å². The summed E-state index contributed by atoms with van der Waals surface area (Å²) < 4.78 is 30.7. The van der Waals surface area contributed by atoms with Gasteiger partial charge in [-0.1, -0.05) is 34.1 Å². The SMILES string of the molecule is O=C(NCCCS(=O)(=O)c1ccccc1)c1cc2cc(Br)ccc2o1. The molecule has 25 heavy (non-hydrogen) atoms. The van der Waals surface area contributed by atoms with Crippen LogP contribution in [0.25, 0.3) is 11.0 Å². The fourth-order valence-electron chi connectivity index (χ4n) is 2.42. The average molecular weight is 422 g/mol. The molecule has 0 spiro atoms. The lowest BCUT2D eigenvalue weighted by molar-refractivity contribution is 0.0928. The van der Waals surface area contributed by atoms with E-state index in [1.54, 1.807) is 42.5 Å². The van der Waals surface area contributed by atoms with Gasteiger partial charge in [-0.05, 0) is 42.8 Å². The molecule has 2 aromatic carbocycles. The number of nitrogens with one attached hydrogen (secondary N) is 1. The van der Waals surface area contributed by atoms with Gasteiger partial charge in [0.25, 0.3) is 5.91 Å². The van der Waals surface area contributed by atoms with E-state index in [0.717, 1.165) is 9.86 Å². The van der Waals surface area contributed by atoms with Crippen LogP contribution in [0.2, 0.25) is 0 Å². The summed E-state index contributed by atoms with van der Waals surface area (Å²) in [5, 5.41) is 3.51. The molecule has 0 aliphatic rings. The second kappa shape index (κ2) is 7.41. The molecule has 0 aliphatic heterocycles. The van der Waals surface area contributed by atoms with Crippen molar-refractivity contribution in [3.8, 4) is 0 Å². The first-order chi connectivity index (χ1) is 12.0. The van der Waals surface area contributed by atoms with Gasteiger partial charge in [-0.3, -0.25) is 4.79 Å². The number of benzene rings is 2.